The lowest BCUT2D eigenvalue weighted by Gasteiger charge is -2.32. The summed E-state index contributed by atoms with van der Waals surface area (Å²) in [6.45, 7) is 3.54. The molecule has 0 radical (unpaired) electrons. The van der Waals surface area contributed by atoms with Crippen LogP contribution in [0.4, 0.5) is 37.8 Å². The van der Waals surface area contributed by atoms with Crippen LogP contribution in [0.5, 0.6) is 0 Å². The molecule has 3 aromatic rings. The predicted octanol–water partition coefficient (Wildman–Crippen LogP) is 5.19. The fraction of sp³-hybridized carbons (Fsp3) is 0.292. The van der Waals surface area contributed by atoms with E-state index in [1.807, 2.05) is 6.07 Å². The minimum Gasteiger partial charge on any atom is -0.353 e. The second-order valence-corrected chi connectivity index (χ2v) is 8.39. The van der Waals surface area contributed by atoms with Gasteiger partial charge in [-0.3, -0.25) is 4.79 Å². The summed E-state index contributed by atoms with van der Waals surface area (Å²) in [6.07, 6.45) is -10.1. The van der Waals surface area contributed by atoms with Crippen LogP contribution >= 0.6 is 0 Å². The van der Waals surface area contributed by atoms with Crippen LogP contribution in [0, 0.1) is 0 Å². The van der Waals surface area contributed by atoms with Crippen molar-refractivity contribution in [3.8, 4) is 11.3 Å². The van der Waals surface area contributed by atoms with Crippen molar-refractivity contribution in [3.05, 3.63) is 71.3 Å². The molecule has 2 heterocycles. The summed E-state index contributed by atoms with van der Waals surface area (Å²) in [6, 6.07) is 10.6. The van der Waals surface area contributed by atoms with Crippen LogP contribution in [0.3, 0.4) is 0 Å². The Bertz CT molecular complexity index is 1190. The maximum absolute atomic E-state index is 13.1. The molecule has 4 rings (SSSR count). The average Bonchev–Trinajstić information content (AvgIpc) is 2.84. The quantitative estimate of drug-likeness (QED) is 0.491. The Morgan fingerprint density at radius 1 is 0.806 bits per heavy atom. The van der Waals surface area contributed by atoms with Crippen molar-refractivity contribution in [2.75, 3.05) is 43.4 Å². The number of nitrogens with zero attached hydrogens (tertiary/aromatic N) is 4. The number of carbonyl (C=O) groups excluding carboxylic acids is 1. The van der Waals surface area contributed by atoms with Crippen LogP contribution in [0.15, 0.2) is 54.6 Å². The third kappa shape index (κ3) is 5.93. The zero-order chi connectivity index (χ0) is 26.1. The van der Waals surface area contributed by atoms with E-state index in [4.69, 9.17) is 0 Å². The topological polar surface area (TPSA) is 61.4 Å². The highest BCUT2D eigenvalue weighted by Gasteiger charge is 2.37. The van der Waals surface area contributed by atoms with Crippen LogP contribution in [-0.2, 0) is 12.4 Å². The third-order valence-electron chi connectivity index (χ3n) is 5.77. The lowest BCUT2D eigenvalue weighted by atomic mass is 10.0. The van der Waals surface area contributed by atoms with E-state index in [-0.39, 0.29) is 11.8 Å². The minimum atomic E-state index is -5.04. The summed E-state index contributed by atoms with van der Waals surface area (Å²) in [4.78, 5) is 16.8. The van der Waals surface area contributed by atoms with Gasteiger partial charge in [-0.05, 0) is 49.5 Å². The lowest BCUT2D eigenvalue weighted by Crippen LogP contribution is -2.44. The number of amides is 1. The minimum absolute atomic E-state index is 0.0262. The molecule has 1 fully saturated rings. The van der Waals surface area contributed by atoms with Gasteiger partial charge >= 0.3 is 12.4 Å². The second kappa shape index (κ2) is 9.76. The lowest BCUT2D eigenvalue weighted by molar-refractivity contribution is -0.143. The Balaban J connectivity index is 1.48. The molecular formula is C24H21F6N5O. The Hall–Kier alpha value is -3.67. The van der Waals surface area contributed by atoms with E-state index >= 15 is 0 Å². The van der Waals surface area contributed by atoms with E-state index in [2.05, 4.69) is 32.4 Å². The molecule has 0 aliphatic carbocycles. The van der Waals surface area contributed by atoms with Gasteiger partial charge in [0.1, 0.15) is 0 Å². The summed E-state index contributed by atoms with van der Waals surface area (Å²) in [5.74, 6) is -0.342. The van der Waals surface area contributed by atoms with Gasteiger partial charge in [0.25, 0.3) is 5.91 Å². The second-order valence-electron chi connectivity index (χ2n) is 8.39. The zero-order valence-electron chi connectivity index (χ0n) is 19.0. The molecule has 1 aliphatic rings. The first-order valence-electron chi connectivity index (χ1n) is 10.9. The molecule has 1 aliphatic heterocycles. The first kappa shape index (κ1) is 25.4. The van der Waals surface area contributed by atoms with Gasteiger partial charge in [0.15, 0.2) is 5.82 Å². The Labute approximate surface area is 202 Å². The van der Waals surface area contributed by atoms with Crippen LogP contribution in [0.2, 0.25) is 0 Å². The van der Waals surface area contributed by atoms with Crippen molar-refractivity contribution >= 4 is 17.4 Å². The van der Waals surface area contributed by atoms with Gasteiger partial charge in [0.05, 0.1) is 16.8 Å². The summed E-state index contributed by atoms with van der Waals surface area (Å²) < 4.78 is 78.4. The predicted molar refractivity (Wildman–Crippen MR) is 122 cm³/mol. The van der Waals surface area contributed by atoms with Gasteiger partial charge < -0.3 is 15.1 Å². The van der Waals surface area contributed by atoms with Gasteiger partial charge in [-0.15, -0.1) is 10.2 Å². The summed E-state index contributed by atoms with van der Waals surface area (Å²) in [5, 5.41) is 10.8. The number of benzene rings is 2. The smallest absolute Gasteiger partial charge is 0.353 e. The largest absolute Gasteiger partial charge is 0.416 e. The number of aromatic nitrogens is 2. The van der Waals surface area contributed by atoms with E-state index in [1.54, 1.807) is 18.2 Å². The van der Waals surface area contributed by atoms with Crippen molar-refractivity contribution in [3.63, 3.8) is 0 Å². The summed E-state index contributed by atoms with van der Waals surface area (Å²) in [7, 11) is 2.05. The number of anilines is 2. The zero-order valence-corrected chi connectivity index (χ0v) is 19.0. The highest BCUT2D eigenvalue weighted by Crippen LogP contribution is 2.36. The Morgan fingerprint density at radius 2 is 1.39 bits per heavy atom. The Morgan fingerprint density at radius 3 is 1.89 bits per heavy atom. The number of carbonyl (C=O) groups is 1. The molecular weight excluding hydrogens is 488 g/mol. The van der Waals surface area contributed by atoms with E-state index < -0.39 is 35.0 Å². The van der Waals surface area contributed by atoms with Crippen LogP contribution < -0.4 is 10.2 Å². The molecule has 1 N–H and O–H groups in total. The molecule has 0 atom stereocenters. The van der Waals surface area contributed by atoms with E-state index in [1.165, 1.54) is 12.1 Å². The molecule has 36 heavy (non-hydrogen) atoms. The highest BCUT2D eigenvalue weighted by atomic mass is 19.4. The van der Waals surface area contributed by atoms with Crippen molar-refractivity contribution < 1.29 is 31.1 Å². The van der Waals surface area contributed by atoms with Gasteiger partial charge in [0.2, 0.25) is 0 Å². The fourth-order valence-corrected chi connectivity index (χ4v) is 3.70. The first-order valence-corrected chi connectivity index (χ1v) is 10.9. The molecule has 1 aromatic heterocycles. The molecule has 190 valence electrons. The summed E-state index contributed by atoms with van der Waals surface area (Å²) >= 11 is 0. The van der Waals surface area contributed by atoms with E-state index in [0.717, 1.165) is 32.0 Å². The standard InChI is InChI=1S/C24H21F6N5O/c1-34-8-10-35(11-9-34)21-7-6-20(32-33-21)15-2-4-19(5-3-15)31-22(36)16-12-17(23(25,26)27)14-18(13-16)24(28,29)30/h2-7,12-14H,8-11H2,1H3,(H,31,36). The van der Waals surface area contributed by atoms with Crippen LogP contribution in [0.25, 0.3) is 11.3 Å². The average molecular weight is 509 g/mol. The molecule has 1 saturated heterocycles. The summed E-state index contributed by atoms with van der Waals surface area (Å²) in [5.41, 5.74) is -2.45. The molecule has 12 heteroatoms. The highest BCUT2D eigenvalue weighted by molar-refractivity contribution is 6.04. The fourth-order valence-electron chi connectivity index (χ4n) is 3.70. The van der Waals surface area contributed by atoms with E-state index in [0.29, 0.717) is 23.4 Å². The molecule has 1 amide bonds. The molecule has 0 spiro atoms. The number of hydrogen-bond donors (Lipinski definition) is 1. The molecule has 2 aromatic carbocycles. The van der Waals surface area contributed by atoms with E-state index in [9.17, 15) is 31.1 Å². The molecule has 6 nitrogen and oxygen atoms in total. The number of alkyl halides is 6. The molecule has 0 unspecified atom stereocenters. The van der Waals surface area contributed by atoms with Gasteiger partial charge in [-0.25, -0.2) is 0 Å². The van der Waals surface area contributed by atoms with Crippen molar-refractivity contribution in [2.24, 2.45) is 0 Å². The van der Waals surface area contributed by atoms with Crippen LogP contribution in [0.1, 0.15) is 21.5 Å². The normalized spacial score (nSPS) is 15.1. The SMILES string of the molecule is CN1CCN(c2ccc(-c3ccc(NC(=O)c4cc(C(F)(F)F)cc(C(F)(F)F)c4)cc3)nn2)CC1. The van der Waals surface area contributed by atoms with Crippen molar-refractivity contribution in [1.82, 2.24) is 15.1 Å². The van der Waals surface area contributed by atoms with Gasteiger partial charge in [-0.1, -0.05) is 12.1 Å². The molecule has 0 saturated carbocycles. The Kier molecular flexibility index (Phi) is 6.90. The maximum atomic E-state index is 13.1. The number of piperazine rings is 1. The van der Waals surface area contributed by atoms with Gasteiger partial charge in [-0.2, -0.15) is 26.3 Å². The monoisotopic (exact) mass is 509 g/mol. The third-order valence-corrected chi connectivity index (χ3v) is 5.77. The number of nitrogens with one attached hydrogen (secondary N) is 1. The molecule has 0 bridgehead atoms. The number of rotatable bonds is 4. The number of likely N-dealkylation sites (N-methyl/N-ethyl adjacent to an activating group) is 1. The van der Waals surface area contributed by atoms with Crippen molar-refractivity contribution in [1.29, 1.82) is 0 Å². The maximum Gasteiger partial charge on any atom is 0.416 e. The van der Waals surface area contributed by atoms with Gasteiger partial charge in [0, 0.05) is 43.0 Å². The number of hydrogen-bond acceptors (Lipinski definition) is 5. The van der Waals surface area contributed by atoms with Crippen molar-refractivity contribution in [2.45, 2.75) is 12.4 Å². The number of halogens is 6. The van der Waals surface area contributed by atoms with Crippen LogP contribution in [-0.4, -0.2) is 54.2 Å². The first-order chi connectivity index (χ1) is 16.9.